The molecule has 1 saturated heterocycles. The first kappa shape index (κ1) is 21.4. The van der Waals surface area contributed by atoms with E-state index in [0.717, 1.165) is 11.6 Å². The van der Waals surface area contributed by atoms with Crippen molar-refractivity contribution in [3.63, 3.8) is 0 Å². The van der Waals surface area contributed by atoms with E-state index in [1.165, 1.54) is 33.7 Å². The van der Waals surface area contributed by atoms with E-state index in [0.29, 0.717) is 31.5 Å². The van der Waals surface area contributed by atoms with Crippen molar-refractivity contribution in [3.05, 3.63) is 54.9 Å². The minimum Gasteiger partial charge on any atom is -0.335 e. The average molecular weight is 476 g/mol. The summed E-state index contributed by atoms with van der Waals surface area (Å²) in [5.41, 5.74) is 1.12. The van der Waals surface area contributed by atoms with Gasteiger partial charge in [0.25, 0.3) is 11.5 Å². The number of allylic oxidation sites excluding steroid dienone is 1. The summed E-state index contributed by atoms with van der Waals surface area (Å²) in [5, 5.41) is 1.09. The molecule has 3 heterocycles. The first-order chi connectivity index (χ1) is 14.5. The van der Waals surface area contributed by atoms with Crippen LogP contribution in [0.25, 0.3) is 11.0 Å². The number of benzene rings is 1. The van der Waals surface area contributed by atoms with Gasteiger partial charge in [0.05, 0.1) is 15.2 Å². The topological polar surface area (TPSA) is 45.6 Å². The van der Waals surface area contributed by atoms with Gasteiger partial charge in [0.2, 0.25) is 0 Å². The number of carbonyl (C=O) groups excluding carboxylic acids is 1. The summed E-state index contributed by atoms with van der Waals surface area (Å²) >= 11 is 9.68. The Balaban J connectivity index is 1.81. The minimum absolute atomic E-state index is 0.0697. The van der Waals surface area contributed by atoms with E-state index in [1.54, 1.807) is 21.2 Å². The number of rotatable bonds is 4. The summed E-state index contributed by atoms with van der Waals surface area (Å²) in [7, 11) is 0. The summed E-state index contributed by atoms with van der Waals surface area (Å²) < 4.78 is 3.53. The van der Waals surface area contributed by atoms with Gasteiger partial charge in [-0.3, -0.25) is 19.1 Å². The quantitative estimate of drug-likeness (QED) is 0.633. The van der Waals surface area contributed by atoms with Crippen LogP contribution in [-0.2, 0) is 11.3 Å². The summed E-state index contributed by atoms with van der Waals surface area (Å²) in [5.74, 6) is -0.111. The van der Waals surface area contributed by atoms with Crippen LogP contribution in [0.5, 0.6) is 0 Å². The number of nitrogens with zero attached hydrogens (tertiary/aromatic N) is 3. The Morgan fingerprint density at radius 3 is 2.37 bits per heavy atom. The van der Waals surface area contributed by atoms with Gasteiger partial charge >= 0.3 is 0 Å². The number of hydrogen-bond acceptors (Lipinski definition) is 7. The molecule has 0 unspecified atom stereocenters. The molecular weight excluding hydrogens is 455 g/mol. The first-order valence-electron chi connectivity index (χ1n) is 9.74. The Morgan fingerprint density at radius 1 is 0.967 bits per heavy atom. The number of thiazole rings is 1. The Morgan fingerprint density at radius 2 is 1.70 bits per heavy atom. The van der Waals surface area contributed by atoms with Gasteiger partial charge in [-0.2, -0.15) is 0 Å². The number of para-hydroxylation sites is 1. The molecule has 0 bridgehead atoms. The van der Waals surface area contributed by atoms with Crippen molar-refractivity contribution in [2.45, 2.75) is 32.2 Å². The van der Waals surface area contributed by atoms with E-state index in [4.69, 9.17) is 12.2 Å². The van der Waals surface area contributed by atoms with Gasteiger partial charge in [0, 0.05) is 24.5 Å². The number of carbonyl (C=O) groups is 1. The molecule has 0 N–H and O–H groups in total. The number of amides is 1. The van der Waals surface area contributed by atoms with Crippen molar-refractivity contribution in [3.8, 4) is 0 Å². The van der Waals surface area contributed by atoms with Crippen molar-refractivity contribution < 1.29 is 4.79 Å². The lowest BCUT2D eigenvalue weighted by Crippen LogP contribution is -2.33. The fraction of sp³-hybridized carbons (Fsp3) is 0.286. The van der Waals surface area contributed by atoms with Crippen LogP contribution in [0.3, 0.4) is 0 Å². The number of hydrogen-bond donors (Lipinski definition) is 0. The summed E-state index contributed by atoms with van der Waals surface area (Å²) in [6.07, 6.45) is 3.88. The van der Waals surface area contributed by atoms with E-state index in [-0.39, 0.29) is 11.5 Å². The molecule has 156 valence electrons. The fourth-order valence-corrected chi connectivity index (χ4v) is 7.22. The highest BCUT2D eigenvalue weighted by molar-refractivity contribution is 8.30. The Bertz CT molecular complexity index is 1240. The zero-order valence-electron chi connectivity index (χ0n) is 16.9. The maximum absolute atomic E-state index is 13.0. The van der Waals surface area contributed by atoms with Crippen LogP contribution >= 0.6 is 47.1 Å². The highest BCUT2D eigenvalue weighted by Gasteiger charge is 2.32. The predicted octanol–water partition coefficient (Wildman–Crippen LogP) is 3.17. The van der Waals surface area contributed by atoms with Crippen molar-refractivity contribution in [1.29, 1.82) is 0 Å². The number of thioether (sulfide) groups is 2. The van der Waals surface area contributed by atoms with Gasteiger partial charge in [-0.1, -0.05) is 47.9 Å². The zero-order chi connectivity index (χ0) is 21.4. The number of aromatic nitrogens is 1. The number of thiocarbonyl (C=S) groups is 1. The van der Waals surface area contributed by atoms with Crippen LogP contribution in [0.4, 0.5) is 5.69 Å². The molecule has 2 aliphatic rings. The molecule has 9 heteroatoms. The number of anilines is 1. The molecule has 2 aliphatic heterocycles. The van der Waals surface area contributed by atoms with Gasteiger partial charge < -0.3 is 4.90 Å². The molecule has 2 aromatic rings. The Kier molecular flexibility index (Phi) is 6.24. The Hall–Kier alpha value is -1.81. The van der Waals surface area contributed by atoms with Gasteiger partial charge in [-0.05, 0) is 45.1 Å². The van der Waals surface area contributed by atoms with Gasteiger partial charge in [-0.15, -0.1) is 11.3 Å². The van der Waals surface area contributed by atoms with Crippen LogP contribution in [0.1, 0.15) is 20.8 Å². The van der Waals surface area contributed by atoms with E-state index in [1.807, 2.05) is 38.1 Å². The maximum atomic E-state index is 13.0. The van der Waals surface area contributed by atoms with Gasteiger partial charge in [0.15, 0.2) is 0 Å². The minimum atomic E-state index is -0.111. The molecule has 4 rings (SSSR count). The molecular formula is C21H21N3O2S4. The largest absolute Gasteiger partial charge is 0.335 e. The van der Waals surface area contributed by atoms with Crippen LogP contribution < -0.4 is 19.7 Å². The third kappa shape index (κ3) is 3.57. The predicted molar refractivity (Wildman–Crippen MR) is 132 cm³/mol. The monoisotopic (exact) mass is 475 g/mol. The van der Waals surface area contributed by atoms with Crippen LogP contribution in [0.2, 0.25) is 0 Å². The summed E-state index contributed by atoms with van der Waals surface area (Å²) in [6.45, 7) is 7.83. The van der Waals surface area contributed by atoms with Crippen molar-refractivity contribution >= 4 is 74.0 Å². The highest BCUT2D eigenvalue weighted by atomic mass is 32.2. The highest BCUT2D eigenvalue weighted by Crippen LogP contribution is 2.45. The van der Waals surface area contributed by atoms with Crippen molar-refractivity contribution in [2.24, 2.45) is 0 Å². The van der Waals surface area contributed by atoms with Crippen molar-refractivity contribution in [2.75, 3.05) is 18.0 Å². The molecule has 1 aromatic heterocycles. The zero-order valence-corrected chi connectivity index (χ0v) is 20.1. The lowest BCUT2D eigenvalue weighted by molar-refractivity contribution is -0.120. The smallest absolute Gasteiger partial charge is 0.269 e. The second-order valence-electron chi connectivity index (χ2n) is 6.55. The first-order valence-corrected chi connectivity index (χ1v) is 12.6. The second kappa shape index (κ2) is 8.74. The molecule has 1 amide bonds. The maximum Gasteiger partial charge on any atom is 0.269 e. The Labute approximate surface area is 192 Å². The van der Waals surface area contributed by atoms with Gasteiger partial charge in [-0.25, -0.2) is 0 Å². The van der Waals surface area contributed by atoms with Crippen LogP contribution in [0.15, 0.2) is 45.1 Å². The molecule has 1 aromatic carbocycles. The summed E-state index contributed by atoms with van der Waals surface area (Å²) in [6, 6.07) is 8.30. The molecule has 0 atom stereocenters. The third-order valence-electron chi connectivity index (χ3n) is 4.91. The molecule has 0 saturated carbocycles. The average Bonchev–Trinajstić information content (AvgIpc) is 3.36. The van der Waals surface area contributed by atoms with E-state index >= 15 is 0 Å². The van der Waals surface area contributed by atoms with Crippen LogP contribution in [0, 0.1) is 0 Å². The molecule has 0 aliphatic carbocycles. The molecule has 30 heavy (non-hydrogen) atoms. The van der Waals surface area contributed by atoms with E-state index in [9.17, 15) is 9.59 Å². The molecule has 0 radical (unpaired) electrons. The molecule has 5 nitrogen and oxygen atoms in total. The molecule has 0 spiro atoms. The lowest BCUT2D eigenvalue weighted by atomic mass is 10.3. The fourth-order valence-electron chi connectivity index (χ4n) is 3.44. The third-order valence-corrected chi connectivity index (χ3v) is 8.76. The van der Waals surface area contributed by atoms with E-state index < -0.39 is 0 Å². The van der Waals surface area contributed by atoms with Crippen molar-refractivity contribution in [1.82, 2.24) is 9.47 Å². The molecule has 1 fully saturated rings. The summed E-state index contributed by atoms with van der Waals surface area (Å²) in [4.78, 5) is 31.3. The lowest BCUT2D eigenvalue weighted by Gasteiger charge is -2.17. The SMILES string of the molecule is CCN1C(=O)C(=c2sc(=CC=C3Sc4ccccc4N3CC)c(=O)n2CC)SC1=S. The normalized spacial score (nSPS) is 20.1. The van der Waals surface area contributed by atoms with Crippen LogP contribution in [-0.4, -0.2) is 32.8 Å². The van der Waals surface area contributed by atoms with E-state index in [2.05, 4.69) is 24.0 Å². The number of fused-ring (bicyclic) bond motifs is 1. The van der Waals surface area contributed by atoms with Gasteiger partial charge in [0.1, 0.15) is 13.9 Å². The second-order valence-corrected chi connectivity index (χ2v) is 10.3. The standard InChI is InChI=1S/C21H21N3O2S4/c1-4-22-13-9-7-8-10-14(13)28-16(22)12-11-15-18(25)23(5-2)20(29-15)17-19(26)24(6-3)21(27)30-17/h7-12H,4-6H2,1-3H3.